The summed E-state index contributed by atoms with van der Waals surface area (Å²) in [6, 6.07) is 0. The van der Waals surface area contributed by atoms with Crippen molar-refractivity contribution in [2.45, 2.75) is 240 Å². The van der Waals surface area contributed by atoms with Crippen LogP contribution in [0.3, 0.4) is 0 Å². The molecule has 0 amide bonds. The zero-order chi connectivity index (χ0) is 53.7. The number of hydrogen-bond acceptors (Lipinski definition) is 23. The van der Waals surface area contributed by atoms with Gasteiger partial charge in [0.1, 0.15) is 85.5 Å². The van der Waals surface area contributed by atoms with E-state index in [2.05, 4.69) is 26.8 Å². The van der Waals surface area contributed by atoms with Crippen molar-refractivity contribution in [1.29, 1.82) is 0 Å². The van der Waals surface area contributed by atoms with E-state index >= 15 is 0 Å². The fourth-order valence-corrected chi connectivity index (χ4v) is 15.0. The van der Waals surface area contributed by atoms with E-state index < -0.39 is 159 Å². The van der Waals surface area contributed by atoms with Crippen LogP contribution < -0.4 is 0 Å². The molecule has 0 spiro atoms. The summed E-state index contributed by atoms with van der Waals surface area (Å²) in [5.41, 5.74) is 0.289. The minimum Gasteiger partial charge on any atom is -0.394 e. The van der Waals surface area contributed by atoms with Crippen LogP contribution >= 0.6 is 0 Å². The summed E-state index contributed by atoms with van der Waals surface area (Å²) in [6.07, 6.45) is -23.8. The van der Waals surface area contributed by atoms with Gasteiger partial charge >= 0.3 is 0 Å². The van der Waals surface area contributed by atoms with Gasteiger partial charge < -0.3 is 114 Å². The predicted molar refractivity (Wildman–Crippen MR) is 250 cm³/mol. The Bertz CT molecular complexity index is 1940. The third kappa shape index (κ3) is 10.00. The Labute approximate surface area is 430 Å². The SMILES string of the molecule is C[C@H](CC[C@@]1(O)O[C@H]2C[C@@H]3[C@H]4CC=C5C[C@@H](O[C@@H]6O[C@H](CO)[C@@H](O)[C@H](O)[C@H]6O[C@H]6O[C@@H](C)[C@H](O)[C@@H](O)[C@@H]6O)C[C@@H](O)[C@]5(C)[C@H]4CC[C@]3(C)[C@H]2[C@@H]1C)CO[C@@H]1O[C@H](CO)[C@@H](O)[C@H](O)[C@H]1O[C@H]1O[C@@H](C)[C@H](O)[C@@H](O)[C@@H]1O. The molecule has 0 aromatic heterocycles. The molecule has 23 nitrogen and oxygen atoms in total. The molecule has 0 aromatic carbocycles. The number of allylic oxidation sites excluding steroid dienone is 1. The van der Waals surface area contributed by atoms with Crippen LogP contribution in [-0.2, 0) is 42.6 Å². The van der Waals surface area contributed by atoms with Crippen molar-refractivity contribution < 1.29 is 114 Å². The topological polar surface area (TPSA) is 366 Å². The highest BCUT2D eigenvalue weighted by atomic mass is 16.8. The van der Waals surface area contributed by atoms with Gasteiger partial charge in [-0.25, -0.2) is 0 Å². The van der Waals surface area contributed by atoms with E-state index in [9.17, 15) is 71.5 Å². The van der Waals surface area contributed by atoms with Crippen LogP contribution in [0.4, 0.5) is 0 Å². The number of aliphatic hydroxyl groups is 14. The van der Waals surface area contributed by atoms with Crippen LogP contribution in [-0.4, -0.2) is 238 Å². The molecule has 32 atom stereocenters. The van der Waals surface area contributed by atoms with Crippen molar-refractivity contribution in [2.24, 2.45) is 46.3 Å². The molecule has 14 N–H and O–H groups in total. The van der Waals surface area contributed by atoms with E-state index in [1.54, 1.807) is 0 Å². The lowest BCUT2D eigenvalue weighted by Gasteiger charge is -2.60. The van der Waals surface area contributed by atoms with Crippen LogP contribution in [0.1, 0.15) is 92.9 Å². The predicted octanol–water partition coefficient (Wildman–Crippen LogP) is -3.01. The van der Waals surface area contributed by atoms with Gasteiger partial charge in [0, 0.05) is 24.2 Å². The fraction of sp³-hybridized carbons (Fsp3) is 0.961. The summed E-state index contributed by atoms with van der Waals surface area (Å²) >= 11 is 0. The largest absolute Gasteiger partial charge is 0.394 e. The van der Waals surface area contributed by atoms with Gasteiger partial charge in [0.05, 0.1) is 50.3 Å². The Kier molecular flexibility index (Phi) is 17.1. The first-order valence-corrected chi connectivity index (χ1v) is 26.9. The van der Waals surface area contributed by atoms with Crippen molar-refractivity contribution in [3.05, 3.63) is 11.6 Å². The lowest BCUT2D eigenvalue weighted by molar-refractivity contribution is -0.370. The van der Waals surface area contributed by atoms with E-state index in [1.807, 2.05) is 6.92 Å². The summed E-state index contributed by atoms with van der Waals surface area (Å²) in [5.74, 6) is -1.16. The second-order valence-electron chi connectivity index (χ2n) is 23.9. The van der Waals surface area contributed by atoms with E-state index in [0.29, 0.717) is 19.3 Å². The molecule has 426 valence electrons. The molecule has 9 aliphatic rings. The summed E-state index contributed by atoms with van der Waals surface area (Å²) in [5, 5.41) is 151. The van der Waals surface area contributed by atoms with Crippen molar-refractivity contribution >= 4 is 0 Å². The molecule has 4 aliphatic carbocycles. The first-order valence-electron chi connectivity index (χ1n) is 26.9. The van der Waals surface area contributed by atoms with E-state index in [4.69, 9.17) is 42.6 Å². The van der Waals surface area contributed by atoms with Crippen molar-refractivity contribution in [2.75, 3.05) is 19.8 Å². The Morgan fingerprint density at radius 3 is 1.77 bits per heavy atom. The molecule has 3 saturated carbocycles. The van der Waals surface area contributed by atoms with Crippen LogP contribution in [0.2, 0.25) is 0 Å². The maximum absolute atomic E-state index is 12.3. The lowest BCUT2D eigenvalue weighted by atomic mass is 9.46. The lowest BCUT2D eigenvalue weighted by Crippen LogP contribution is -2.64. The molecule has 9 rings (SSSR count). The normalized spacial score (nSPS) is 55.9. The van der Waals surface area contributed by atoms with Gasteiger partial charge in [-0.15, -0.1) is 0 Å². The molecule has 0 unspecified atom stereocenters. The zero-order valence-electron chi connectivity index (χ0n) is 43.0. The Morgan fingerprint density at radius 2 is 1.20 bits per heavy atom. The molecule has 0 radical (unpaired) electrons. The van der Waals surface area contributed by atoms with Crippen LogP contribution in [0.15, 0.2) is 11.6 Å². The van der Waals surface area contributed by atoms with Gasteiger partial charge in [0.2, 0.25) is 0 Å². The van der Waals surface area contributed by atoms with Crippen LogP contribution in [0.25, 0.3) is 0 Å². The van der Waals surface area contributed by atoms with E-state index in [-0.39, 0.29) is 60.1 Å². The Hall–Kier alpha value is -1.18. The third-order valence-corrected chi connectivity index (χ3v) is 19.6. The highest BCUT2D eigenvalue weighted by Gasteiger charge is 2.69. The fourth-order valence-electron chi connectivity index (χ4n) is 15.0. The van der Waals surface area contributed by atoms with Crippen molar-refractivity contribution in [3.8, 4) is 0 Å². The smallest absolute Gasteiger partial charge is 0.187 e. The van der Waals surface area contributed by atoms with Crippen LogP contribution in [0.5, 0.6) is 0 Å². The average Bonchev–Trinajstić information content (AvgIpc) is 3.81. The summed E-state index contributed by atoms with van der Waals surface area (Å²) in [6.45, 7) is 10.1. The van der Waals surface area contributed by atoms with Gasteiger partial charge in [0.15, 0.2) is 30.9 Å². The van der Waals surface area contributed by atoms with Gasteiger partial charge in [-0.2, -0.15) is 0 Å². The highest BCUT2D eigenvalue weighted by molar-refractivity contribution is 5.28. The van der Waals surface area contributed by atoms with Gasteiger partial charge in [-0.05, 0) is 87.4 Å². The maximum atomic E-state index is 12.3. The monoisotopic (exact) mass is 1060 g/mol. The van der Waals surface area contributed by atoms with E-state index in [1.165, 1.54) is 13.8 Å². The van der Waals surface area contributed by atoms with Crippen molar-refractivity contribution in [3.63, 3.8) is 0 Å². The molecule has 5 aliphatic heterocycles. The number of ether oxygens (including phenoxy) is 9. The second kappa shape index (κ2) is 22.0. The number of rotatable bonds is 14. The van der Waals surface area contributed by atoms with Crippen LogP contribution in [0, 0.1) is 46.3 Å². The molecular formula is C51H84O23. The average molecular weight is 1070 g/mol. The van der Waals surface area contributed by atoms with Crippen molar-refractivity contribution in [1.82, 2.24) is 0 Å². The second-order valence-corrected chi connectivity index (χ2v) is 23.9. The molecule has 74 heavy (non-hydrogen) atoms. The maximum Gasteiger partial charge on any atom is 0.187 e. The number of fused-ring (bicyclic) bond motifs is 7. The molecule has 5 heterocycles. The molecule has 23 heteroatoms. The molecular weight excluding hydrogens is 981 g/mol. The van der Waals surface area contributed by atoms with Gasteiger partial charge in [0.25, 0.3) is 0 Å². The molecule has 0 bridgehead atoms. The molecule has 5 saturated heterocycles. The minimum absolute atomic E-state index is 0.0453. The summed E-state index contributed by atoms with van der Waals surface area (Å²) in [7, 11) is 0. The minimum atomic E-state index is -1.71. The van der Waals surface area contributed by atoms with Gasteiger partial charge in [-0.3, -0.25) is 0 Å². The Morgan fingerprint density at radius 1 is 0.649 bits per heavy atom. The van der Waals surface area contributed by atoms with E-state index in [0.717, 1.165) is 31.3 Å². The first-order chi connectivity index (χ1) is 34.9. The zero-order valence-corrected chi connectivity index (χ0v) is 43.0. The highest BCUT2D eigenvalue weighted by Crippen LogP contribution is 2.70. The Balaban J connectivity index is 0.818. The summed E-state index contributed by atoms with van der Waals surface area (Å²) < 4.78 is 54.0. The quantitative estimate of drug-likeness (QED) is 0.0771. The molecule has 8 fully saturated rings. The number of hydrogen-bond donors (Lipinski definition) is 14. The summed E-state index contributed by atoms with van der Waals surface area (Å²) in [4.78, 5) is 0. The molecule has 0 aromatic rings. The van der Waals surface area contributed by atoms with Gasteiger partial charge in [-0.1, -0.05) is 39.3 Å². The first kappa shape index (κ1) is 57.5. The third-order valence-electron chi connectivity index (χ3n) is 19.6. The standard InChI is InChI=1S/C51H84O23/c1-19(18-66-47-43(39(61)35(57)29(16-52)70-47)72-45-41(63)37(59)33(55)21(3)67-45)9-12-51(65)20(2)32-28(74-51)15-27-25-8-7-23-13-24(14-31(54)50(23,6)26(25)10-11-49(27,32)5)69-48-44(40(62)36(58)30(17-53)71-48)73-46-42(64)38(60)34(56)22(4)68-46/h7,19-22,24-48,52-65H,8-18H2,1-6H3/t19-,20+,21+,22+,24-,25+,26+,27-,28+,29-,30-,31-,32+,33+,34+,35-,36-,37-,38-,39+,40+,41+,42+,43-,44-,45-,46-,47-,48-,49+,50+,51-/m1/s1. The number of aliphatic hydroxyl groups excluding tert-OH is 13.